The van der Waals surface area contributed by atoms with Crippen LogP contribution in [0.2, 0.25) is 0 Å². The van der Waals surface area contributed by atoms with Crippen molar-refractivity contribution in [3.8, 4) is 0 Å². The van der Waals surface area contributed by atoms with Crippen LogP contribution in [0.25, 0.3) is 0 Å². The molecule has 1 unspecified atom stereocenters. The number of sulfone groups is 1. The standard InChI is InChI=1S/C10H21ClO2S2/c1-9(7-11)8-14-5-6-15(12,13)10(2,3)4/h9H,5-8H2,1-4H3. The number of hydrogen-bond donors (Lipinski definition) is 0. The predicted molar refractivity (Wildman–Crippen MR) is 70.7 cm³/mol. The van der Waals surface area contributed by atoms with Crippen LogP contribution in [0, 0.1) is 5.92 Å². The molecular weight excluding hydrogens is 252 g/mol. The minimum absolute atomic E-state index is 0.260. The van der Waals surface area contributed by atoms with Crippen molar-refractivity contribution in [1.29, 1.82) is 0 Å². The highest BCUT2D eigenvalue weighted by Crippen LogP contribution is 2.18. The molecule has 0 aliphatic rings. The zero-order chi connectivity index (χ0) is 12.1. The fourth-order valence-corrected chi connectivity index (χ4v) is 3.69. The third-order valence-electron chi connectivity index (χ3n) is 2.10. The summed E-state index contributed by atoms with van der Waals surface area (Å²) in [6, 6.07) is 0. The van der Waals surface area contributed by atoms with Gasteiger partial charge in [0, 0.05) is 11.6 Å². The highest BCUT2D eigenvalue weighted by molar-refractivity contribution is 8.00. The molecule has 0 aromatic rings. The third-order valence-corrected chi connectivity index (χ3v) is 6.79. The first kappa shape index (κ1) is 15.6. The van der Waals surface area contributed by atoms with Gasteiger partial charge in [-0.1, -0.05) is 6.92 Å². The lowest BCUT2D eigenvalue weighted by molar-refractivity contribution is 0.562. The Bertz CT molecular complexity index is 268. The summed E-state index contributed by atoms with van der Waals surface area (Å²) in [5, 5.41) is 0. The first-order chi connectivity index (χ1) is 6.70. The van der Waals surface area contributed by atoms with Crippen molar-refractivity contribution >= 4 is 33.2 Å². The molecule has 0 aromatic carbocycles. The Balaban J connectivity index is 3.88. The van der Waals surface area contributed by atoms with Crippen molar-refractivity contribution < 1.29 is 8.42 Å². The molecule has 0 aliphatic heterocycles. The number of alkyl halides is 1. The van der Waals surface area contributed by atoms with Gasteiger partial charge in [0.1, 0.15) is 0 Å². The maximum absolute atomic E-state index is 11.7. The van der Waals surface area contributed by atoms with Gasteiger partial charge in [0.25, 0.3) is 0 Å². The molecule has 0 rings (SSSR count). The highest BCUT2D eigenvalue weighted by atomic mass is 35.5. The second-order valence-electron chi connectivity index (χ2n) is 4.77. The summed E-state index contributed by atoms with van der Waals surface area (Å²) in [6.07, 6.45) is 0. The largest absolute Gasteiger partial charge is 0.228 e. The van der Waals surface area contributed by atoms with E-state index < -0.39 is 14.6 Å². The topological polar surface area (TPSA) is 34.1 Å². The van der Waals surface area contributed by atoms with E-state index in [1.807, 2.05) is 0 Å². The van der Waals surface area contributed by atoms with Gasteiger partial charge in [0.15, 0.2) is 9.84 Å². The van der Waals surface area contributed by atoms with E-state index in [2.05, 4.69) is 6.92 Å². The van der Waals surface area contributed by atoms with Gasteiger partial charge < -0.3 is 0 Å². The number of hydrogen-bond acceptors (Lipinski definition) is 3. The van der Waals surface area contributed by atoms with Crippen molar-refractivity contribution in [1.82, 2.24) is 0 Å². The maximum Gasteiger partial charge on any atom is 0.155 e. The molecule has 0 saturated carbocycles. The molecule has 0 heterocycles. The van der Waals surface area contributed by atoms with Gasteiger partial charge in [-0.15, -0.1) is 11.6 Å². The summed E-state index contributed by atoms with van der Waals surface area (Å²) >= 11 is 7.33. The summed E-state index contributed by atoms with van der Waals surface area (Å²) in [5.74, 6) is 2.95. The molecular formula is C10H21ClO2S2. The van der Waals surface area contributed by atoms with Gasteiger partial charge in [-0.2, -0.15) is 11.8 Å². The fourth-order valence-electron chi connectivity index (χ4n) is 0.804. The normalized spacial score (nSPS) is 15.3. The second kappa shape index (κ2) is 6.36. The average molecular weight is 273 g/mol. The van der Waals surface area contributed by atoms with Crippen molar-refractivity contribution in [2.45, 2.75) is 32.4 Å². The summed E-state index contributed by atoms with van der Waals surface area (Å²) < 4.78 is 22.8. The molecule has 0 spiro atoms. The van der Waals surface area contributed by atoms with E-state index in [4.69, 9.17) is 11.6 Å². The highest BCUT2D eigenvalue weighted by Gasteiger charge is 2.28. The molecule has 0 saturated heterocycles. The van der Waals surface area contributed by atoms with E-state index in [1.54, 1.807) is 32.5 Å². The fraction of sp³-hybridized carbons (Fsp3) is 1.00. The van der Waals surface area contributed by atoms with Crippen LogP contribution in [0.15, 0.2) is 0 Å². The molecule has 2 nitrogen and oxygen atoms in total. The summed E-state index contributed by atoms with van der Waals surface area (Å²) in [4.78, 5) is 0. The number of thioether (sulfide) groups is 1. The van der Waals surface area contributed by atoms with E-state index in [1.165, 1.54) is 0 Å². The molecule has 5 heteroatoms. The first-order valence-electron chi connectivity index (χ1n) is 5.06. The molecule has 0 amide bonds. The van der Waals surface area contributed by atoms with Crippen LogP contribution in [-0.4, -0.2) is 36.3 Å². The van der Waals surface area contributed by atoms with Gasteiger partial charge in [-0.3, -0.25) is 0 Å². The molecule has 0 fully saturated rings. The van der Waals surface area contributed by atoms with E-state index in [0.29, 0.717) is 17.6 Å². The van der Waals surface area contributed by atoms with Crippen molar-refractivity contribution in [2.24, 2.45) is 5.92 Å². The average Bonchev–Trinajstić information content (AvgIpc) is 2.10. The van der Waals surface area contributed by atoms with Crippen molar-refractivity contribution in [2.75, 3.05) is 23.1 Å². The molecule has 0 bridgehead atoms. The third kappa shape index (κ3) is 6.03. The molecule has 0 aromatic heterocycles. The van der Waals surface area contributed by atoms with Gasteiger partial charge in [-0.05, 0) is 32.4 Å². The van der Waals surface area contributed by atoms with Gasteiger partial charge >= 0.3 is 0 Å². The van der Waals surface area contributed by atoms with Crippen LogP contribution in [0.4, 0.5) is 0 Å². The summed E-state index contributed by atoms with van der Waals surface area (Å²) in [6.45, 7) is 7.30. The summed E-state index contributed by atoms with van der Waals surface area (Å²) in [7, 11) is -2.96. The molecule has 1 atom stereocenters. The second-order valence-corrected chi connectivity index (χ2v) is 9.09. The van der Waals surface area contributed by atoms with Crippen molar-refractivity contribution in [3.05, 3.63) is 0 Å². The Morgan fingerprint density at radius 1 is 1.33 bits per heavy atom. The molecule has 15 heavy (non-hydrogen) atoms. The van der Waals surface area contributed by atoms with Crippen LogP contribution < -0.4 is 0 Å². The zero-order valence-corrected chi connectivity index (χ0v) is 12.3. The Labute approximate surface area is 103 Å². The first-order valence-corrected chi connectivity index (χ1v) is 8.41. The van der Waals surface area contributed by atoms with Crippen LogP contribution in [-0.2, 0) is 9.84 Å². The lowest BCUT2D eigenvalue weighted by Crippen LogP contribution is -2.31. The van der Waals surface area contributed by atoms with Gasteiger partial charge in [0.05, 0.1) is 10.5 Å². The van der Waals surface area contributed by atoms with Crippen LogP contribution in [0.1, 0.15) is 27.7 Å². The maximum atomic E-state index is 11.7. The Morgan fingerprint density at radius 2 is 1.87 bits per heavy atom. The SMILES string of the molecule is CC(CCl)CSCCS(=O)(=O)C(C)(C)C. The van der Waals surface area contributed by atoms with E-state index in [9.17, 15) is 8.42 Å². The van der Waals surface area contributed by atoms with Gasteiger partial charge in [0.2, 0.25) is 0 Å². The number of rotatable bonds is 6. The minimum atomic E-state index is -2.96. The predicted octanol–water partition coefficient (Wildman–Crippen LogP) is 2.81. The Hall–Kier alpha value is 0.590. The molecule has 0 radical (unpaired) electrons. The van der Waals surface area contributed by atoms with Crippen molar-refractivity contribution in [3.63, 3.8) is 0 Å². The zero-order valence-electron chi connectivity index (χ0n) is 9.92. The van der Waals surface area contributed by atoms with Crippen LogP contribution in [0.5, 0.6) is 0 Å². The van der Waals surface area contributed by atoms with Gasteiger partial charge in [-0.25, -0.2) is 8.42 Å². The smallest absolute Gasteiger partial charge is 0.155 e. The van der Waals surface area contributed by atoms with E-state index in [0.717, 1.165) is 5.75 Å². The van der Waals surface area contributed by atoms with Crippen LogP contribution in [0.3, 0.4) is 0 Å². The number of halogens is 1. The van der Waals surface area contributed by atoms with E-state index in [-0.39, 0.29) is 5.75 Å². The quantitative estimate of drug-likeness (QED) is 0.551. The molecule has 0 aliphatic carbocycles. The molecule has 92 valence electrons. The minimum Gasteiger partial charge on any atom is -0.228 e. The Kier molecular flexibility index (Phi) is 6.61. The van der Waals surface area contributed by atoms with E-state index >= 15 is 0 Å². The summed E-state index contributed by atoms with van der Waals surface area (Å²) in [5.41, 5.74) is 0. The molecule has 0 N–H and O–H groups in total. The lowest BCUT2D eigenvalue weighted by atomic mass is 10.3. The Morgan fingerprint density at radius 3 is 2.27 bits per heavy atom. The lowest BCUT2D eigenvalue weighted by Gasteiger charge is -2.19. The van der Waals surface area contributed by atoms with Crippen LogP contribution >= 0.6 is 23.4 Å². The monoisotopic (exact) mass is 272 g/mol.